The van der Waals surface area contributed by atoms with Crippen molar-refractivity contribution in [1.29, 1.82) is 0 Å². The van der Waals surface area contributed by atoms with E-state index in [1.54, 1.807) is 29.2 Å². The maximum Gasteiger partial charge on any atom is 0.437 e. The molecule has 2 heterocycles. The molecule has 0 bridgehead atoms. The molecule has 0 unspecified atom stereocenters. The summed E-state index contributed by atoms with van der Waals surface area (Å²) in [5.41, 5.74) is 0.631. The van der Waals surface area contributed by atoms with E-state index >= 15 is 0 Å². The normalized spacial score (nSPS) is 17.1. The van der Waals surface area contributed by atoms with E-state index < -0.39 is 18.3 Å². The van der Waals surface area contributed by atoms with E-state index in [0.29, 0.717) is 12.1 Å². The van der Waals surface area contributed by atoms with E-state index in [0.717, 1.165) is 23.9 Å². The number of amides is 1. The van der Waals surface area contributed by atoms with Gasteiger partial charge in [0.15, 0.2) is 6.61 Å². The van der Waals surface area contributed by atoms with Gasteiger partial charge in [-0.2, -0.15) is 4.68 Å². The molecule has 2 aromatic rings. The van der Waals surface area contributed by atoms with Gasteiger partial charge < -0.3 is 14.1 Å². The number of likely N-dealkylation sites (tertiary alicyclic amines) is 1. The van der Waals surface area contributed by atoms with Crippen molar-refractivity contribution in [2.45, 2.75) is 38.8 Å². The molecule has 1 amide bonds. The van der Waals surface area contributed by atoms with Gasteiger partial charge in [0.2, 0.25) is 5.89 Å². The molecule has 3 rings (SSSR count). The number of hydrogen-bond donors (Lipinski definition) is 0. The molecule has 1 atom stereocenters. The Kier molecular flexibility index (Phi) is 5.50. The highest BCUT2D eigenvalue weighted by molar-refractivity contribution is 5.80. The standard InChI is InChI=1S/C18H21N3O5/c1-13-7-5-6-10-20(13)15(22)12-25-16(23)11-21-18(24)26-17(19-21)14-8-3-2-4-9-14/h2-4,8-9,13H,5-7,10-12H2,1H3/t13-/m0/s1. The molecule has 1 aliphatic heterocycles. The summed E-state index contributed by atoms with van der Waals surface area (Å²) in [6, 6.07) is 9.04. The Hall–Kier alpha value is -2.90. The highest BCUT2D eigenvalue weighted by atomic mass is 16.5. The number of esters is 1. The lowest BCUT2D eigenvalue weighted by Gasteiger charge is -2.33. The second-order valence-corrected chi connectivity index (χ2v) is 6.29. The van der Waals surface area contributed by atoms with Crippen molar-refractivity contribution >= 4 is 11.9 Å². The lowest BCUT2D eigenvalue weighted by molar-refractivity contribution is -0.154. The van der Waals surface area contributed by atoms with Crippen LogP contribution in [0.25, 0.3) is 11.5 Å². The van der Waals surface area contributed by atoms with Gasteiger partial charge in [-0.25, -0.2) is 4.79 Å². The van der Waals surface area contributed by atoms with Crippen molar-refractivity contribution in [3.05, 3.63) is 40.9 Å². The topological polar surface area (TPSA) is 94.6 Å². The lowest BCUT2D eigenvalue weighted by atomic mass is 10.0. The van der Waals surface area contributed by atoms with Crippen LogP contribution in [0.5, 0.6) is 0 Å². The van der Waals surface area contributed by atoms with E-state index in [9.17, 15) is 14.4 Å². The number of hydrogen-bond acceptors (Lipinski definition) is 6. The summed E-state index contributed by atoms with van der Waals surface area (Å²) in [4.78, 5) is 37.7. The van der Waals surface area contributed by atoms with Gasteiger partial charge in [-0.15, -0.1) is 5.10 Å². The molecule has 8 heteroatoms. The Bertz CT molecular complexity index is 827. The zero-order valence-electron chi connectivity index (χ0n) is 14.6. The molecule has 1 aliphatic rings. The minimum atomic E-state index is -0.753. The molecule has 138 valence electrons. The predicted octanol–water partition coefficient (Wildman–Crippen LogP) is 1.45. The summed E-state index contributed by atoms with van der Waals surface area (Å²) in [6.45, 7) is 1.93. The van der Waals surface area contributed by atoms with Gasteiger partial charge in [0.05, 0.1) is 0 Å². The number of carbonyl (C=O) groups is 2. The van der Waals surface area contributed by atoms with Crippen molar-refractivity contribution in [3.63, 3.8) is 0 Å². The number of nitrogens with zero attached hydrogens (tertiary/aromatic N) is 3. The number of carbonyl (C=O) groups excluding carboxylic acids is 2. The van der Waals surface area contributed by atoms with Crippen LogP contribution in [0.4, 0.5) is 0 Å². The second-order valence-electron chi connectivity index (χ2n) is 6.29. The molecule has 1 fully saturated rings. The molecule has 8 nitrogen and oxygen atoms in total. The van der Waals surface area contributed by atoms with Crippen molar-refractivity contribution in [1.82, 2.24) is 14.7 Å². The second kappa shape index (κ2) is 7.99. The van der Waals surface area contributed by atoms with Gasteiger partial charge in [0, 0.05) is 18.2 Å². The van der Waals surface area contributed by atoms with Gasteiger partial charge in [0.25, 0.3) is 5.91 Å². The smallest absolute Gasteiger partial charge is 0.437 e. The van der Waals surface area contributed by atoms with E-state index in [2.05, 4.69) is 5.10 Å². The van der Waals surface area contributed by atoms with E-state index in [1.165, 1.54) is 0 Å². The van der Waals surface area contributed by atoms with Crippen molar-refractivity contribution < 1.29 is 18.7 Å². The fraction of sp³-hybridized carbons (Fsp3) is 0.444. The van der Waals surface area contributed by atoms with Crippen LogP contribution in [0.3, 0.4) is 0 Å². The van der Waals surface area contributed by atoms with Crippen LogP contribution in [0.15, 0.2) is 39.5 Å². The van der Waals surface area contributed by atoms with Gasteiger partial charge in [-0.3, -0.25) is 9.59 Å². The van der Waals surface area contributed by atoms with Crippen LogP contribution >= 0.6 is 0 Å². The minimum Gasteiger partial charge on any atom is -0.454 e. The first-order valence-corrected chi connectivity index (χ1v) is 8.63. The van der Waals surface area contributed by atoms with Gasteiger partial charge in [-0.1, -0.05) is 18.2 Å². The number of ether oxygens (including phenoxy) is 1. The van der Waals surface area contributed by atoms with Gasteiger partial charge in [-0.05, 0) is 38.3 Å². The average molecular weight is 359 g/mol. The molecule has 1 aromatic heterocycles. The van der Waals surface area contributed by atoms with Gasteiger partial charge >= 0.3 is 11.7 Å². The number of piperidine rings is 1. The van der Waals surface area contributed by atoms with Crippen LogP contribution < -0.4 is 5.76 Å². The Morgan fingerprint density at radius 3 is 2.77 bits per heavy atom. The first-order chi connectivity index (χ1) is 12.5. The number of benzene rings is 1. The molecule has 1 aromatic carbocycles. The summed E-state index contributed by atoms with van der Waals surface area (Å²) in [6.07, 6.45) is 3.01. The molecule has 0 spiro atoms. The van der Waals surface area contributed by atoms with E-state index in [-0.39, 0.29) is 24.4 Å². The van der Waals surface area contributed by atoms with Crippen LogP contribution in [-0.4, -0.2) is 45.8 Å². The maximum absolute atomic E-state index is 12.2. The number of rotatable bonds is 5. The quantitative estimate of drug-likeness (QED) is 0.750. The molecule has 0 aliphatic carbocycles. The summed E-state index contributed by atoms with van der Waals surface area (Å²) in [5.74, 6) is -1.56. The Morgan fingerprint density at radius 2 is 2.04 bits per heavy atom. The molecule has 1 saturated heterocycles. The van der Waals surface area contributed by atoms with Crippen LogP contribution in [0, 0.1) is 0 Å². The highest BCUT2D eigenvalue weighted by Gasteiger charge is 2.24. The van der Waals surface area contributed by atoms with E-state index in [4.69, 9.17) is 9.15 Å². The monoisotopic (exact) mass is 359 g/mol. The molecule has 0 radical (unpaired) electrons. The first-order valence-electron chi connectivity index (χ1n) is 8.63. The molecule has 26 heavy (non-hydrogen) atoms. The zero-order valence-corrected chi connectivity index (χ0v) is 14.6. The van der Waals surface area contributed by atoms with Crippen molar-refractivity contribution in [2.24, 2.45) is 0 Å². The maximum atomic E-state index is 12.2. The van der Waals surface area contributed by atoms with Crippen LogP contribution in [0.2, 0.25) is 0 Å². The SMILES string of the molecule is C[C@H]1CCCCN1C(=O)COC(=O)Cn1nc(-c2ccccc2)oc1=O. The Balaban J connectivity index is 1.56. The van der Waals surface area contributed by atoms with Crippen LogP contribution in [-0.2, 0) is 20.9 Å². The minimum absolute atomic E-state index is 0.126. The highest BCUT2D eigenvalue weighted by Crippen LogP contribution is 2.16. The molecule has 0 N–H and O–H groups in total. The molecule has 0 saturated carbocycles. The van der Waals surface area contributed by atoms with Crippen molar-refractivity contribution in [3.8, 4) is 11.5 Å². The summed E-state index contributed by atoms with van der Waals surface area (Å²) in [7, 11) is 0. The summed E-state index contributed by atoms with van der Waals surface area (Å²) < 4.78 is 10.9. The molecular formula is C18H21N3O5. The van der Waals surface area contributed by atoms with Gasteiger partial charge in [0.1, 0.15) is 6.54 Å². The Labute approximate surface area is 150 Å². The fourth-order valence-electron chi connectivity index (χ4n) is 2.97. The third kappa shape index (κ3) is 4.19. The van der Waals surface area contributed by atoms with E-state index in [1.807, 2.05) is 13.0 Å². The molecular weight excluding hydrogens is 338 g/mol. The van der Waals surface area contributed by atoms with Crippen molar-refractivity contribution in [2.75, 3.05) is 13.2 Å². The largest absolute Gasteiger partial charge is 0.454 e. The predicted molar refractivity (Wildman–Crippen MR) is 92.2 cm³/mol. The third-order valence-electron chi connectivity index (χ3n) is 4.39. The zero-order chi connectivity index (χ0) is 18.5. The number of aromatic nitrogens is 2. The third-order valence-corrected chi connectivity index (χ3v) is 4.39. The van der Waals surface area contributed by atoms with Crippen LogP contribution in [0.1, 0.15) is 26.2 Å². The Morgan fingerprint density at radius 1 is 1.27 bits per heavy atom. The summed E-state index contributed by atoms with van der Waals surface area (Å²) >= 11 is 0. The average Bonchev–Trinajstić information content (AvgIpc) is 3.01. The summed E-state index contributed by atoms with van der Waals surface area (Å²) in [5, 5.41) is 3.99. The fourth-order valence-corrected chi connectivity index (χ4v) is 2.97. The lowest BCUT2D eigenvalue weighted by Crippen LogP contribution is -2.44. The first kappa shape index (κ1) is 17.9.